The van der Waals surface area contributed by atoms with Crippen molar-refractivity contribution in [3.8, 4) is 5.75 Å². The Morgan fingerprint density at radius 1 is 1.00 bits per heavy atom. The monoisotopic (exact) mass is 337 g/mol. The highest BCUT2D eigenvalue weighted by Crippen LogP contribution is 2.48. The minimum absolute atomic E-state index is 0.612. The molecule has 1 saturated heterocycles. The molecule has 3 nitrogen and oxygen atoms in total. The van der Waals surface area contributed by atoms with E-state index in [1.807, 2.05) is 30.3 Å². The minimum atomic E-state index is -0.612. The summed E-state index contributed by atoms with van der Waals surface area (Å²) in [6, 6.07) is 18.6. The van der Waals surface area contributed by atoms with Crippen LogP contribution in [0.25, 0.3) is 0 Å². The summed E-state index contributed by atoms with van der Waals surface area (Å²) in [5, 5.41) is 11.1. The normalized spacial score (nSPS) is 28.9. The SMILES string of the molecule is COc1ccc(CCN2C[C@@H]3C[C@@](O)(c4ccccc4)C[C@@H]3C2)cc1. The molecule has 1 heterocycles. The molecule has 2 aromatic rings. The molecule has 1 aliphatic heterocycles. The Morgan fingerprint density at radius 2 is 1.64 bits per heavy atom. The highest BCUT2D eigenvalue weighted by molar-refractivity contribution is 5.27. The predicted molar refractivity (Wildman–Crippen MR) is 99.7 cm³/mol. The van der Waals surface area contributed by atoms with E-state index in [1.54, 1.807) is 7.11 Å². The van der Waals surface area contributed by atoms with Crippen molar-refractivity contribution in [2.75, 3.05) is 26.7 Å². The van der Waals surface area contributed by atoms with E-state index in [2.05, 4.69) is 29.2 Å². The van der Waals surface area contributed by atoms with E-state index >= 15 is 0 Å². The molecule has 0 unspecified atom stereocenters. The van der Waals surface area contributed by atoms with Gasteiger partial charge in [0, 0.05) is 19.6 Å². The molecule has 1 saturated carbocycles. The number of nitrogens with zero attached hydrogens (tertiary/aromatic N) is 1. The average Bonchev–Trinajstić information content (AvgIpc) is 3.16. The lowest BCUT2D eigenvalue weighted by molar-refractivity contribution is 0.0314. The molecule has 2 fully saturated rings. The van der Waals surface area contributed by atoms with Crippen LogP contribution in [0.1, 0.15) is 24.0 Å². The number of fused-ring (bicyclic) bond motifs is 1. The first-order valence-electron chi connectivity index (χ1n) is 9.29. The molecule has 4 rings (SSSR count). The van der Waals surface area contributed by atoms with Gasteiger partial charge in [-0.05, 0) is 54.4 Å². The van der Waals surface area contributed by atoms with Crippen LogP contribution in [0.3, 0.4) is 0 Å². The molecule has 0 bridgehead atoms. The summed E-state index contributed by atoms with van der Waals surface area (Å²) in [4.78, 5) is 2.57. The third kappa shape index (κ3) is 3.44. The molecule has 0 radical (unpaired) electrons. The number of hydrogen-bond donors (Lipinski definition) is 1. The number of hydrogen-bond acceptors (Lipinski definition) is 3. The van der Waals surface area contributed by atoms with Gasteiger partial charge in [0.1, 0.15) is 5.75 Å². The van der Waals surface area contributed by atoms with Crippen molar-refractivity contribution in [3.63, 3.8) is 0 Å². The summed E-state index contributed by atoms with van der Waals surface area (Å²) in [6.45, 7) is 3.34. The molecule has 3 heteroatoms. The van der Waals surface area contributed by atoms with Gasteiger partial charge in [-0.25, -0.2) is 0 Å². The quantitative estimate of drug-likeness (QED) is 0.907. The van der Waals surface area contributed by atoms with Crippen LogP contribution in [0.4, 0.5) is 0 Å². The van der Waals surface area contributed by atoms with Crippen molar-refractivity contribution in [1.82, 2.24) is 4.90 Å². The Morgan fingerprint density at radius 3 is 2.24 bits per heavy atom. The second-order valence-electron chi connectivity index (χ2n) is 7.68. The summed E-state index contributed by atoms with van der Waals surface area (Å²) < 4.78 is 5.22. The van der Waals surface area contributed by atoms with Gasteiger partial charge in [-0.2, -0.15) is 0 Å². The van der Waals surface area contributed by atoms with Gasteiger partial charge < -0.3 is 14.7 Å². The largest absolute Gasteiger partial charge is 0.497 e. The molecule has 2 aromatic carbocycles. The van der Waals surface area contributed by atoms with Crippen molar-refractivity contribution in [1.29, 1.82) is 0 Å². The lowest BCUT2D eigenvalue weighted by atomic mass is 9.90. The third-order valence-electron chi connectivity index (χ3n) is 6.04. The fourth-order valence-electron chi connectivity index (χ4n) is 4.70. The maximum absolute atomic E-state index is 11.1. The van der Waals surface area contributed by atoms with Gasteiger partial charge >= 0.3 is 0 Å². The molecule has 0 aromatic heterocycles. The third-order valence-corrected chi connectivity index (χ3v) is 6.04. The molecule has 25 heavy (non-hydrogen) atoms. The Hall–Kier alpha value is -1.84. The Labute approximate surface area is 150 Å². The van der Waals surface area contributed by atoms with E-state index in [1.165, 1.54) is 5.56 Å². The number of aliphatic hydroxyl groups is 1. The number of likely N-dealkylation sites (tertiary alicyclic amines) is 1. The molecule has 1 aliphatic carbocycles. The standard InChI is InChI=1S/C22H27NO2/c1-25-21-9-7-17(8-10-21)11-12-23-15-18-13-22(24,14-19(18)16-23)20-5-3-2-4-6-20/h2-10,18-19,24H,11-16H2,1H3/t18-,19+,22-. The lowest BCUT2D eigenvalue weighted by Gasteiger charge is -2.26. The van der Waals surface area contributed by atoms with Gasteiger partial charge in [-0.1, -0.05) is 42.5 Å². The van der Waals surface area contributed by atoms with Crippen LogP contribution in [0.2, 0.25) is 0 Å². The molecule has 2 aliphatic rings. The van der Waals surface area contributed by atoms with Crippen LogP contribution < -0.4 is 4.74 Å². The molecule has 0 amide bonds. The number of ether oxygens (including phenoxy) is 1. The molecule has 132 valence electrons. The zero-order chi connectivity index (χ0) is 17.3. The Kier molecular flexibility index (Phi) is 4.53. The van der Waals surface area contributed by atoms with E-state index in [4.69, 9.17) is 4.74 Å². The first-order valence-corrected chi connectivity index (χ1v) is 9.29. The summed E-state index contributed by atoms with van der Waals surface area (Å²) in [7, 11) is 1.70. The first-order chi connectivity index (χ1) is 12.2. The van der Waals surface area contributed by atoms with E-state index in [9.17, 15) is 5.11 Å². The number of methoxy groups -OCH3 is 1. The smallest absolute Gasteiger partial charge is 0.118 e. The predicted octanol–water partition coefficient (Wildman–Crippen LogP) is 3.47. The van der Waals surface area contributed by atoms with Crippen LogP contribution in [0, 0.1) is 11.8 Å². The van der Waals surface area contributed by atoms with Crippen LogP contribution in [0.5, 0.6) is 5.75 Å². The van der Waals surface area contributed by atoms with E-state index in [-0.39, 0.29) is 0 Å². The lowest BCUT2D eigenvalue weighted by Crippen LogP contribution is -2.29. The van der Waals surface area contributed by atoms with Gasteiger partial charge in [-0.3, -0.25) is 0 Å². The summed E-state index contributed by atoms with van der Waals surface area (Å²) in [5.41, 5.74) is 1.84. The average molecular weight is 337 g/mol. The topological polar surface area (TPSA) is 32.7 Å². The van der Waals surface area contributed by atoms with Crippen LogP contribution in [-0.2, 0) is 12.0 Å². The fourth-order valence-corrected chi connectivity index (χ4v) is 4.70. The van der Waals surface area contributed by atoms with Gasteiger partial charge in [0.2, 0.25) is 0 Å². The van der Waals surface area contributed by atoms with Crippen molar-refractivity contribution in [2.24, 2.45) is 11.8 Å². The highest BCUT2D eigenvalue weighted by Gasteiger charge is 2.48. The minimum Gasteiger partial charge on any atom is -0.497 e. The van der Waals surface area contributed by atoms with Gasteiger partial charge in [0.05, 0.1) is 12.7 Å². The molecular formula is C22H27NO2. The number of rotatable bonds is 5. The van der Waals surface area contributed by atoms with Gasteiger partial charge in [0.15, 0.2) is 0 Å². The van der Waals surface area contributed by atoms with Crippen LogP contribution >= 0.6 is 0 Å². The summed E-state index contributed by atoms with van der Waals surface area (Å²) >= 11 is 0. The van der Waals surface area contributed by atoms with Crippen LogP contribution in [-0.4, -0.2) is 36.8 Å². The Bertz CT molecular complexity index is 684. The van der Waals surface area contributed by atoms with E-state index in [0.717, 1.165) is 50.2 Å². The van der Waals surface area contributed by atoms with Crippen molar-refractivity contribution in [2.45, 2.75) is 24.9 Å². The molecule has 0 spiro atoms. The Balaban J connectivity index is 1.32. The van der Waals surface area contributed by atoms with E-state index < -0.39 is 5.60 Å². The first kappa shape index (κ1) is 16.6. The van der Waals surface area contributed by atoms with Crippen LogP contribution in [0.15, 0.2) is 54.6 Å². The molecular weight excluding hydrogens is 310 g/mol. The van der Waals surface area contributed by atoms with Crippen molar-refractivity contribution < 1.29 is 9.84 Å². The maximum atomic E-state index is 11.1. The zero-order valence-corrected chi connectivity index (χ0v) is 14.9. The number of benzene rings is 2. The van der Waals surface area contributed by atoms with Crippen molar-refractivity contribution >= 4 is 0 Å². The second-order valence-corrected chi connectivity index (χ2v) is 7.68. The zero-order valence-electron chi connectivity index (χ0n) is 14.9. The summed E-state index contributed by atoms with van der Waals surface area (Å²) in [5.74, 6) is 2.17. The maximum Gasteiger partial charge on any atom is 0.118 e. The second kappa shape index (κ2) is 6.81. The molecule has 3 atom stereocenters. The highest BCUT2D eigenvalue weighted by atomic mass is 16.5. The van der Waals surface area contributed by atoms with Crippen molar-refractivity contribution in [3.05, 3.63) is 65.7 Å². The fraction of sp³-hybridized carbons (Fsp3) is 0.455. The van der Waals surface area contributed by atoms with E-state index in [0.29, 0.717) is 11.8 Å². The molecule has 1 N–H and O–H groups in total. The van der Waals surface area contributed by atoms with Gasteiger partial charge in [0.25, 0.3) is 0 Å². The van der Waals surface area contributed by atoms with Gasteiger partial charge in [-0.15, -0.1) is 0 Å². The summed E-state index contributed by atoms with van der Waals surface area (Å²) in [6.07, 6.45) is 2.88.